The second-order valence-electron chi connectivity index (χ2n) is 7.32. The Kier molecular flexibility index (Phi) is 4.92. The van der Waals surface area contributed by atoms with Crippen molar-refractivity contribution in [3.8, 4) is 17.2 Å². The molecule has 1 fully saturated rings. The van der Waals surface area contributed by atoms with Crippen molar-refractivity contribution in [2.75, 3.05) is 19.8 Å². The first-order chi connectivity index (χ1) is 13.1. The van der Waals surface area contributed by atoms with Crippen LogP contribution in [0.5, 0.6) is 17.2 Å². The number of carbonyl (C=O) groups excluding carboxylic acids is 1. The zero-order valence-electron chi connectivity index (χ0n) is 15.8. The largest absolute Gasteiger partial charge is 0.486 e. The molecule has 1 saturated carbocycles. The molecule has 1 aliphatic carbocycles. The van der Waals surface area contributed by atoms with Crippen molar-refractivity contribution >= 4 is 5.91 Å². The van der Waals surface area contributed by atoms with Crippen LogP contribution in [0.2, 0.25) is 0 Å². The van der Waals surface area contributed by atoms with Crippen LogP contribution in [0.3, 0.4) is 0 Å². The highest BCUT2D eigenvalue weighted by Gasteiger charge is 2.34. The van der Waals surface area contributed by atoms with Gasteiger partial charge < -0.3 is 19.5 Å². The summed E-state index contributed by atoms with van der Waals surface area (Å²) >= 11 is 0. The number of ether oxygens (including phenoxy) is 3. The molecular formula is C22H25NO4. The molecule has 1 aliphatic heterocycles. The number of carbonyl (C=O) groups is 1. The minimum Gasteiger partial charge on any atom is -0.486 e. The van der Waals surface area contributed by atoms with Gasteiger partial charge in [0.1, 0.15) is 19.0 Å². The lowest BCUT2D eigenvalue weighted by molar-refractivity contribution is -0.124. The number of fused-ring (bicyclic) bond motifs is 1. The highest BCUT2D eigenvalue weighted by molar-refractivity contribution is 5.78. The predicted octanol–water partition coefficient (Wildman–Crippen LogP) is 3.72. The minimum absolute atomic E-state index is 0.0102. The molecule has 0 bridgehead atoms. The van der Waals surface area contributed by atoms with E-state index < -0.39 is 0 Å². The maximum Gasteiger partial charge on any atom is 0.258 e. The number of hydrogen-bond acceptors (Lipinski definition) is 4. The average Bonchev–Trinajstić information content (AvgIpc) is 3.52. The van der Waals surface area contributed by atoms with E-state index in [-0.39, 0.29) is 18.6 Å². The third kappa shape index (κ3) is 4.18. The highest BCUT2D eigenvalue weighted by atomic mass is 16.6. The molecule has 0 aromatic heterocycles. The van der Waals surface area contributed by atoms with Gasteiger partial charge in [-0.2, -0.15) is 0 Å². The van der Waals surface area contributed by atoms with Crippen LogP contribution in [-0.4, -0.2) is 25.7 Å². The Morgan fingerprint density at radius 1 is 1.07 bits per heavy atom. The van der Waals surface area contributed by atoms with E-state index in [4.69, 9.17) is 14.2 Å². The zero-order valence-corrected chi connectivity index (χ0v) is 15.8. The summed E-state index contributed by atoms with van der Waals surface area (Å²) in [6.07, 6.45) is 2.24. The maximum atomic E-state index is 12.5. The summed E-state index contributed by atoms with van der Waals surface area (Å²) in [7, 11) is 0. The molecule has 0 radical (unpaired) electrons. The predicted molar refractivity (Wildman–Crippen MR) is 102 cm³/mol. The van der Waals surface area contributed by atoms with Gasteiger partial charge in [0.15, 0.2) is 18.1 Å². The number of amides is 1. The molecule has 27 heavy (non-hydrogen) atoms. The Hall–Kier alpha value is -2.69. The third-order valence-electron chi connectivity index (χ3n) is 5.18. The van der Waals surface area contributed by atoms with E-state index in [1.165, 1.54) is 5.56 Å². The second kappa shape index (κ2) is 7.51. The van der Waals surface area contributed by atoms with Gasteiger partial charge in [-0.15, -0.1) is 0 Å². The molecule has 1 amide bonds. The number of benzene rings is 2. The van der Waals surface area contributed by atoms with Gasteiger partial charge in [0.25, 0.3) is 5.91 Å². The van der Waals surface area contributed by atoms with E-state index in [9.17, 15) is 4.79 Å². The third-order valence-corrected chi connectivity index (χ3v) is 5.18. The maximum absolute atomic E-state index is 12.5. The smallest absolute Gasteiger partial charge is 0.258 e. The van der Waals surface area contributed by atoms with Gasteiger partial charge in [0.05, 0.1) is 6.04 Å². The molecule has 1 unspecified atom stereocenters. The van der Waals surface area contributed by atoms with Crippen LogP contribution in [-0.2, 0) is 4.79 Å². The van der Waals surface area contributed by atoms with Crippen molar-refractivity contribution in [3.63, 3.8) is 0 Å². The Morgan fingerprint density at radius 3 is 2.59 bits per heavy atom. The van der Waals surface area contributed by atoms with E-state index in [0.29, 0.717) is 19.1 Å². The topological polar surface area (TPSA) is 56.8 Å². The van der Waals surface area contributed by atoms with Crippen molar-refractivity contribution in [3.05, 3.63) is 53.1 Å². The van der Waals surface area contributed by atoms with Crippen molar-refractivity contribution in [1.29, 1.82) is 0 Å². The van der Waals surface area contributed by atoms with Gasteiger partial charge in [-0.05, 0) is 73.6 Å². The summed E-state index contributed by atoms with van der Waals surface area (Å²) in [5.41, 5.74) is 3.42. The molecule has 1 atom stereocenters. The molecule has 2 aromatic rings. The Bertz CT molecular complexity index is 844. The number of nitrogens with one attached hydrogen (secondary N) is 1. The molecule has 2 aliphatic rings. The van der Waals surface area contributed by atoms with Crippen LogP contribution in [0.1, 0.15) is 35.6 Å². The van der Waals surface area contributed by atoms with Gasteiger partial charge in [0, 0.05) is 0 Å². The second-order valence-corrected chi connectivity index (χ2v) is 7.32. The molecule has 0 saturated heterocycles. The van der Waals surface area contributed by atoms with E-state index in [0.717, 1.165) is 41.2 Å². The lowest BCUT2D eigenvalue weighted by Gasteiger charge is -2.23. The minimum atomic E-state index is -0.111. The van der Waals surface area contributed by atoms with Gasteiger partial charge in [-0.3, -0.25) is 4.79 Å². The lowest BCUT2D eigenvalue weighted by Crippen LogP contribution is -2.33. The molecule has 4 rings (SSSR count). The summed E-state index contributed by atoms with van der Waals surface area (Å²) in [6, 6.07) is 11.8. The first-order valence-corrected chi connectivity index (χ1v) is 9.49. The summed E-state index contributed by atoms with van der Waals surface area (Å²) < 4.78 is 16.9. The standard InChI is InChI=1S/C22H25NO4/c1-14-3-7-18(11-15(14)2)27-13-21(24)23-22(16-4-5-16)17-6-8-19-20(12-17)26-10-9-25-19/h3,6-8,11-12,16,22H,4-5,9-10,13H2,1-2H3,(H,23,24). The Balaban J connectivity index is 1.41. The fourth-order valence-electron chi connectivity index (χ4n) is 3.32. The Morgan fingerprint density at radius 2 is 1.85 bits per heavy atom. The van der Waals surface area contributed by atoms with Crippen LogP contribution in [0.25, 0.3) is 0 Å². The summed E-state index contributed by atoms with van der Waals surface area (Å²) in [4.78, 5) is 12.5. The zero-order chi connectivity index (χ0) is 18.8. The summed E-state index contributed by atoms with van der Waals surface area (Å²) in [5.74, 6) is 2.60. The molecule has 5 nitrogen and oxygen atoms in total. The SMILES string of the molecule is Cc1ccc(OCC(=O)NC(c2ccc3c(c2)OCCO3)C2CC2)cc1C. The summed E-state index contributed by atoms with van der Waals surface area (Å²) in [6.45, 7) is 5.23. The summed E-state index contributed by atoms with van der Waals surface area (Å²) in [5, 5.41) is 3.14. The van der Waals surface area contributed by atoms with E-state index in [1.54, 1.807) is 0 Å². The van der Waals surface area contributed by atoms with Crippen molar-refractivity contribution in [2.45, 2.75) is 32.7 Å². The Labute approximate surface area is 159 Å². The molecular weight excluding hydrogens is 342 g/mol. The van der Waals surface area contributed by atoms with Crippen molar-refractivity contribution < 1.29 is 19.0 Å². The first kappa shape index (κ1) is 17.7. The highest BCUT2D eigenvalue weighted by Crippen LogP contribution is 2.43. The van der Waals surface area contributed by atoms with Crippen molar-refractivity contribution in [1.82, 2.24) is 5.32 Å². The normalized spacial score (nSPS) is 16.5. The molecule has 0 spiro atoms. The van der Waals surface area contributed by atoms with E-state index >= 15 is 0 Å². The van der Waals surface area contributed by atoms with E-state index in [2.05, 4.69) is 12.2 Å². The van der Waals surface area contributed by atoms with Gasteiger partial charge in [0.2, 0.25) is 0 Å². The van der Waals surface area contributed by atoms with Crippen molar-refractivity contribution in [2.24, 2.45) is 5.92 Å². The van der Waals surface area contributed by atoms with E-state index in [1.807, 2.05) is 43.3 Å². The molecule has 5 heteroatoms. The number of aryl methyl sites for hydroxylation is 2. The number of rotatable bonds is 6. The van der Waals surface area contributed by atoms with Crippen LogP contribution >= 0.6 is 0 Å². The quantitative estimate of drug-likeness (QED) is 0.845. The molecule has 2 aromatic carbocycles. The lowest BCUT2D eigenvalue weighted by atomic mass is 10.0. The van der Waals surface area contributed by atoms with Gasteiger partial charge >= 0.3 is 0 Å². The van der Waals surface area contributed by atoms with Gasteiger partial charge in [-0.1, -0.05) is 12.1 Å². The fraction of sp³-hybridized carbons (Fsp3) is 0.409. The van der Waals surface area contributed by atoms with Crippen LogP contribution in [0.15, 0.2) is 36.4 Å². The molecule has 1 heterocycles. The molecule has 142 valence electrons. The fourth-order valence-corrected chi connectivity index (χ4v) is 3.32. The molecule has 1 N–H and O–H groups in total. The van der Waals surface area contributed by atoms with Gasteiger partial charge in [-0.25, -0.2) is 0 Å². The first-order valence-electron chi connectivity index (χ1n) is 9.49. The number of hydrogen-bond donors (Lipinski definition) is 1. The van der Waals surface area contributed by atoms with Crippen LogP contribution in [0.4, 0.5) is 0 Å². The van der Waals surface area contributed by atoms with Crippen LogP contribution in [0, 0.1) is 19.8 Å². The monoisotopic (exact) mass is 367 g/mol. The van der Waals surface area contributed by atoms with Crippen LogP contribution < -0.4 is 19.5 Å². The average molecular weight is 367 g/mol.